The minimum atomic E-state index is -2.22. The lowest BCUT2D eigenvalue weighted by Crippen LogP contribution is -2.45. The Kier molecular flexibility index (Phi) is 82.0. The van der Waals surface area contributed by atoms with Crippen molar-refractivity contribution in [2.45, 2.75) is 231 Å². The van der Waals surface area contributed by atoms with E-state index in [9.17, 15) is 19.8 Å². The molecule has 137 heavy (non-hydrogen) atoms. The molecule has 0 amide bonds. The van der Waals surface area contributed by atoms with E-state index in [4.69, 9.17) is 51.5 Å². The van der Waals surface area contributed by atoms with Crippen molar-refractivity contribution in [3.63, 3.8) is 0 Å². The van der Waals surface area contributed by atoms with E-state index < -0.39 is 58.6 Å². The molecule has 2 aliphatic rings. The van der Waals surface area contributed by atoms with E-state index in [1.807, 2.05) is 162 Å². The number of methoxy groups -OCH3 is 2. The van der Waals surface area contributed by atoms with Crippen molar-refractivity contribution in [2.75, 3.05) is 27.4 Å². The molecule has 4 aromatic carbocycles. The summed E-state index contributed by atoms with van der Waals surface area (Å²) in [6, 6.07) is 35.3. The molecule has 0 radical (unpaired) electrons. The largest absolute Gasteiger partial charge is 0.497 e. The number of benzene rings is 4. The van der Waals surface area contributed by atoms with Crippen LogP contribution in [0.4, 0.5) is 0 Å². The molecular weight excluding hydrogens is 2500 g/mol. The Morgan fingerprint density at radius 3 is 1.14 bits per heavy atom. The van der Waals surface area contributed by atoms with Crippen molar-refractivity contribution in [1.82, 2.24) is 0 Å². The first-order valence-corrected chi connectivity index (χ1v) is 119. The molecule has 782 valence electrons. The molecule has 0 aromatic heterocycles. The van der Waals surface area contributed by atoms with Gasteiger partial charge in [-0.05, 0) is 248 Å². The number of hydrogen-bond donors (Lipinski definition) is 2. The number of aliphatic carboxylic acids is 1. The second-order valence-corrected chi connectivity index (χ2v) is 193. The van der Waals surface area contributed by atoms with Crippen LogP contribution in [0.5, 0.6) is 11.5 Å². The van der Waals surface area contributed by atoms with Crippen LogP contribution in [-0.4, -0.2) is 114 Å². The molecule has 2 aliphatic heterocycles. The second-order valence-electron chi connectivity index (χ2n) is 34.7. The van der Waals surface area contributed by atoms with Crippen LogP contribution in [0, 0.1) is 11.8 Å². The van der Waals surface area contributed by atoms with Crippen molar-refractivity contribution in [3.05, 3.63) is 205 Å². The molecule has 0 bridgehead atoms. The summed E-state index contributed by atoms with van der Waals surface area (Å²) in [4.78, 5) is 25.1. The van der Waals surface area contributed by atoms with Crippen LogP contribution in [-0.2, 0) is 64.8 Å². The summed E-state index contributed by atoms with van der Waals surface area (Å²) in [6.45, 7) is 53.4. The summed E-state index contributed by atoms with van der Waals surface area (Å²) in [5, 5.41) is 19.3. The summed E-state index contributed by atoms with van der Waals surface area (Å²) >= 11 is 0. The third kappa shape index (κ3) is 56.1. The Bertz CT molecular complexity index is 4110. The molecule has 0 spiro atoms. The van der Waals surface area contributed by atoms with E-state index in [-0.39, 0.29) is 170 Å². The van der Waals surface area contributed by atoms with E-state index in [1.165, 1.54) is 0 Å². The first-order chi connectivity index (χ1) is 63.7. The second kappa shape index (κ2) is 76.9. The topological polar surface area (TPSA) is 176 Å². The molecule has 15 nitrogen and oxygen atoms in total. The van der Waals surface area contributed by atoms with Crippen molar-refractivity contribution < 1.29 is 71.3 Å². The first-order valence-electron chi connectivity index (χ1n) is 42.8. The molecule has 2 N–H and O–H groups in total. The summed E-state index contributed by atoms with van der Waals surface area (Å²) in [6.07, 6.45) is 10.4. The third-order valence-electron chi connectivity index (χ3n) is 22.0. The van der Waals surface area contributed by atoms with E-state index in [0.717, 1.165) is 60.8 Å². The highest BCUT2D eigenvalue weighted by Crippen LogP contribution is 3.25. The van der Waals surface area contributed by atoms with Gasteiger partial charge in [-0.3, -0.25) is 9.59 Å². The Balaban J connectivity index is 0.000000899. The predicted molar refractivity (Wildman–Crippen MR) is 735 cm³/mol. The average Bonchev–Trinajstić information content (AvgIpc) is 1.65. The number of aliphatic hydroxyl groups excluding tert-OH is 1. The molecule has 57 heteroatoms. The van der Waals surface area contributed by atoms with Crippen molar-refractivity contribution in [1.29, 1.82) is 0 Å². The van der Waals surface area contributed by atoms with Gasteiger partial charge in [-0.25, -0.2) is 0 Å². The van der Waals surface area contributed by atoms with E-state index >= 15 is 0 Å². The standard InChI is InChI=1S/C40H58O7Si.C23H36O5Si.C17H24O3.H18P16.H17P15.H11P9/c1-12-29(3)37(30(4)24-26-43-28-31-19-21-33(42-9)22-20-31)45-36(41)27-34(47-48(10,11)39(5,6)7)23-25-40(8)35(13-2)44-38(46-40)32-17-15-14-16-18-32;1-8-19-23(5,27-21(26-19)17-12-10-9-11-13-17)15-14-18(16-20(24)25)28-29(6,7)22(2,3)4;1-5-13(2)17(18)14(3)10-11-20-12-15-6-8-16(19-4)9-7-15;1-10(2)14(9)16(13(7)8)15(11(3)4)12(5)6;1-9-13(8)15(12(6)7)14(10(2)3)11(4)5;1-6-9(7(2)3)8(4)5/h12-22,24,29,34-35,37-38H,1-2,23,25-28H2,3-11H3;8-13,18-19,21H,1,14-16H2,2-7H3,(H,24,25);5-10,13,17-18H,1,11-12H2,2-4H3;1-9H2;9H,1-8H2;6H,1-5H2/b30-24+;;14-10+;;;/t29-,34+,35-,37-,38-,40+;18-,19-,21-,23+;13-,17-;;;/m000.../s1. The molecule has 28 unspecified atom stereocenters. The van der Waals surface area contributed by atoms with Gasteiger partial charge >= 0.3 is 11.9 Å². The van der Waals surface area contributed by atoms with E-state index in [1.54, 1.807) is 32.4 Å². The van der Waals surface area contributed by atoms with E-state index in [0.29, 0.717) is 59.1 Å². The molecule has 4 aromatic rings. The normalized spacial score (nSPS) is 20.2. The van der Waals surface area contributed by atoms with Crippen LogP contribution >= 0.6 is 324 Å². The SMILES string of the molecule is C=C[C@@H]1O[C@H](c2ccccc2)O[C@]1(C)CC[C@@H](CC(=O)O)O[Si](C)(C)C(C)(C)C.C=C[C@@H]1O[C@H](c2ccccc2)O[C@]1(C)CC[C@H](CC(=O)O[C@H](/C(C)=C/COCc1ccc(OC)cc1)[C@@H](C)C=C)O[Si](C)(C)C(C)(C)C.C=C[C@H](C)[C@H](O)/C(C)=C/COCc1ccc(OC)cc1.PP(P)P(P)P(P(P)P)P(P(P)P)P(P)P.PPP(P(P)P)P(P)P.PPP(P)P(P(P)P)P(P(P)P)P(P)P. The predicted octanol–water partition coefficient (Wildman–Crippen LogP) is 40.7. The number of hydrogen-bond acceptors (Lipinski definition) is 14. The van der Waals surface area contributed by atoms with Crippen molar-refractivity contribution in [2.24, 2.45) is 11.8 Å². The van der Waals surface area contributed by atoms with Crippen LogP contribution in [0.2, 0.25) is 36.3 Å². The summed E-state index contributed by atoms with van der Waals surface area (Å²) in [7, 11) is 68.0. The van der Waals surface area contributed by atoms with Gasteiger partial charge in [0.25, 0.3) is 0 Å². The first kappa shape index (κ1) is 146. The molecule has 0 saturated carbocycles. The highest BCUT2D eigenvalue weighted by Gasteiger charge is 2.49. The zero-order valence-electron chi connectivity index (χ0n) is 82.6. The average molecular weight is 2660 g/mol. The Labute approximate surface area is 902 Å². The summed E-state index contributed by atoms with van der Waals surface area (Å²) in [5.41, 5.74) is 4.67. The van der Waals surface area contributed by atoms with Gasteiger partial charge in [0.1, 0.15) is 29.8 Å². The lowest BCUT2D eigenvalue weighted by Gasteiger charge is -2.40. The molecule has 6 rings (SSSR count). The molecule has 40 atom stereocenters. The third-order valence-corrected chi connectivity index (χ3v) is 260. The van der Waals surface area contributed by atoms with Gasteiger partial charge in [0.2, 0.25) is 0 Å². The smallest absolute Gasteiger partial charge is 0.308 e. The van der Waals surface area contributed by atoms with Gasteiger partial charge in [-0.1, -0.05) is 193 Å². The molecule has 2 fully saturated rings. The number of carbonyl (C=O) groups is 2. The molecule has 2 saturated heterocycles. The van der Waals surface area contributed by atoms with Crippen LogP contribution in [0.3, 0.4) is 0 Å². The number of esters is 1. The number of aliphatic hydroxyl groups is 1. The van der Waals surface area contributed by atoms with Crippen molar-refractivity contribution in [3.8, 4) is 11.5 Å². The number of ether oxygens (including phenoxy) is 9. The van der Waals surface area contributed by atoms with Gasteiger partial charge in [-0.15, -0.1) is 223 Å². The highest BCUT2D eigenvalue weighted by molar-refractivity contribution is 9.31. The van der Waals surface area contributed by atoms with Gasteiger partial charge < -0.3 is 61.7 Å². The molecule has 0 aliphatic carbocycles. The number of carbonyl (C=O) groups excluding carboxylic acids is 1. The van der Waals surface area contributed by atoms with Gasteiger partial charge in [0.15, 0.2) is 29.2 Å². The lowest BCUT2D eigenvalue weighted by atomic mass is 9.91. The van der Waals surface area contributed by atoms with E-state index in [2.05, 4.69) is 297 Å². The van der Waals surface area contributed by atoms with Crippen LogP contribution in [0.15, 0.2) is 183 Å². The molecular formula is C80H164O15P40Si2. The van der Waals surface area contributed by atoms with Gasteiger partial charge in [-0.2, -0.15) is 0 Å². The Morgan fingerprint density at radius 1 is 0.496 bits per heavy atom. The number of carboxylic acid groups (broad SMARTS) is 1. The summed E-state index contributed by atoms with van der Waals surface area (Å²) < 4.78 is 66.5. The zero-order valence-corrected chi connectivity index (χ0v) is 126. The summed E-state index contributed by atoms with van der Waals surface area (Å²) in [5.74, 6) is 0.462. The minimum Gasteiger partial charge on any atom is -0.497 e. The van der Waals surface area contributed by atoms with Gasteiger partial charge in [0, 0.05) is 23.0 Å². The maximum Gasteiger partial charge on any atom is 0.308 e. The minimum absolute atomic E-state index is 0.00961. The number of carboxylic acids is 1. The fourth-order valence-electron chi connectivity index (χ4n) is 12.1. The van der Waals surface area contributed by atoms with Gasteiger partial charge in [0.05, 0.1) is 83.0 Å². The van der Waals surface area contributed by atoms with Crippen LogP contribution in [0.1, 0.15) is 156 Å². The Hall–Kier alpha value is 11.1. The lowest BCUT2D eigenvalue weighted by molar-refractivity contribution is -0.151. The maximum absolute atomic E-state index is 13.7. The van der Waals surface area contributed by atoms with Crippen molar-refractivity contribution >= 4 is 353 Å². The monoisotopic (exact) mass is 2660 g/mol. The fourth-order valence-corrected chi connectivity index (χ4v) is 396. The molecule has 2 heterocycles. The zero-order chi connectivity index (χ0) is 105. The highest BCUT2D eigenvalue weighted by atomic mass is 33.4. The fraction of sp³-hybridized carbons (Fsp3) is 0.525. The van der Waals surface area contributed by atoms with Crippen LogP contribution < -0.4 is 9.47 Å². The quantitative estimate of drug-likeness (QED) is 0.0140. The van der Waals surface area contributed by atoms with Crippen LogP contribution in [0.25, 0.3) is 0 Å². The maximum atomic E-state index is 13.7. The Morgan fingerprint density at radius 2 is 0.847 bits per heavy atom. The number of rotatable bonds is 50.